The van der Waals surface area contributed by atoms with Gasteiger partial charge in [-0.1, -0.05) is 6.07 Å². The van der Waals surface area contributed by atoms with Crippen molar-refractivity contribution in [3.05, 3.63) is 35.1 Å². The molecule has 1 aromatic carbocycles. The molecule has 0 unspecified atom stereocenters. The first-order chi connectivity index (χ1) is 7.31. The van der Waals surface area contributed by atoms with Crippen LogP contribution in [0.3, 0.4) is 0 Å². The van der Waals surface area contributed by atoms with Gasteiger partial charge in [0.25, 0.3) is 0 Å². The van der Waals surface area contributed by atoms with E-state index in [1.165, 1.54) is 30.5 Å². The van der Waals surface area contributed by atoms with Gasteiger partial charge in [0.15, 0.2) is 0 Å². The van der Waals surface area contributed by atoms with Gasteiger partial charge in [0.1, 0.15) is 5.82 Å². The summed E-state index contributed by atoms with van der Waals surface area (Å²) in [5.74, 6) is 0.858. The van der Waals surface area contributed by atoms with Gasteiger partial charge in [-0.05, 0) is 48.4 Å². The van der Waals surface area contributed by atoms with Crippen molar-refractivity contribution in [2.45, 2.75) is 25.8 Å². The van der Waals surface area contributed by atoms with Crippen molar-refractivity contribution >= 4 is 0 Å². The van der Waals surface area contributed by atoms with E-state index in [0.29, 0.717) is 0 Å². The number of hydrogen-bond acceptors (Lipinski definition) is 1. The van der Waals surface area contributed by atoms with Crippen LogP contribution in [0.5, 0.6) is 0 Å². The van der Waals surface area contributed by atoms with Crippen molar-refractivity contribution in [3.63, 3.8) is 0 Å². The maximum absolute atomic E-state index is 13.0. The zero-order valence-electron chi connectivity index (χ0n) is 8.88. The Labute approximate surface area is 89.9 Å². The molecule has 1 aromatic rings. The molecule has 1 aliphatic carbocycles. The molecule has 0 spiro atoms. The average Bonchev–Trinajstić information content (AvgIpc) is 3.02. The summed E-state index contributed by atoms with van der Waals surface area (Å²) in [5, 5.41) is 0. The number of nitrogens with zero attached hydrogens (tertiary/aromatic N) is 1. The molecule has 15 heavy (non-hydrogen) atoms. The predicted molar refractivity (Wildman–Crippen MR) is 58.1 cm³/mol. The molecular formula is C13H16FN. The average molecular weight is 205 g/mol. The van der Waals surface area contributed by atoms with Gasteiger partial charge in [-0.15, -0.1) is 0 Å². The standard InChI is InChI=1S/C13H16FN/c14-13-4-3-12-9-15(8-10-1-2-10)6-5-11(12)7-13/h3-4,7,10H,1-2,5-6,8-9H2. The van der Waals surface area contributed by atoms with Crippen molar-refractivity contribution in [3.8, 4) is 0 Å². The second kappa shape index (κ2) is 3.60. The smallest absolute Gasteiger partial charge is 0.123 e. The van der Waals surface area contributed by atoms with Crippen LogP contribution in [0.15, 0.2) is 18.2 Å². The van der Waals surface area contributed by atoms with Crippen molar-refractivity contribution in [1.29, 1.82) is 0 Å². The highest BCUT2D eigenvalue weighted by atomic mass is 19.1. The summed E-state index contributed by atoms with van der Waals surface area (Å²) in [4.78, 5) is 2.51. The highest BCUT2D eigenvalue weighted by molar-refractivity contribution is 5.29. The third-order valence-corrected chi connectivity index (χ3v) is 3.47. The first-order valence-corrected chi connectivity index (χ1v) is 5.81. The van der Waals surface area contributed by atoms with Crippen molar-refractivity contribution < 1.29 is 4.39 Å². The summed E-state index contributed by atoms with van der Waals surface area (Å²) in [6.45, 7) is 3.37. The van der Waals surface area contributed by atoms with Gasteiger partial charge in [0, 0.05) is 19.6 Å². The minimum atomic E-state index is -0.0932. The van der Waals surface area contributed by atoms with Crippen LogP contribution < -0.4 is 0 Å². The fourth-order valence-corrected chi connectivity index (χ4v) is 2.40. The van der Waals surface area contributed by atoms with Crippen LogP contribution in [-0.2, 0) is 13.0 Å². The molecule has 0 aromatic heterocycles. The van der Waals surface area contributed by atoms with Gasteiger partial charge in [-0.25, -0.2) is 4.39 Å². The largest absolute Gasteiger partial charge is 0.298 e. The SMILES string of the molecule is Fc1ccc2c(c1)CCN(CC1CC1)C2. The molecule has 1 saturated carbocycles. The Morgan fingerprint density at radius 2 is 2.13 bits per heavy atom. The van der Waals surface area contributed by atoms with Crippen LogP contribution in [0.25, 0.3) is 0 Å². The van der Waals surface area contributed by atoms with E-state index in [1.54, 1.807) is 12.1 Å². The normalized spacial score (nSPS) is 21.4. The van der Waals surface area contributed by atoms with Gasteiger partial charge in [-0.2, -0.15) is 0 Å². The molecule has 2 heteroatoms. The first-order valence-electron chi connectivity index (χ1n) is 5.81. The highest BCUT2D eigenvalue weighted by Gasteiger charge is 2.26. The zero-order valence-corrected chi connectivity index (χ0v) is 8.88. The summed E-state index contributed by atoms with van der Waals surface area (Å²) in [7, 11) is 0. The zero-order chi connectivity index (χ0) is 10.3. The fourth-order valence-electron chi connectivity index (χ4n) is 2.40. The first kappa shape index (κ1) is 9.34. The summed E-state index contributed by atoms with van der Waals surface area (Å²) in [5.41, 5.74) is 2.53. The molecule has 0 radical (unpaired) electrons. The van der Waals surface area contributed by atoms with Gasteiger partial charge >= 0.3 is 0 Å². The monoisotopic (exact) mass is 205 g/mol. The molecule has 0 amide bonds. The molecule has 0 bridgehead atoms. The van der Waals surface area contributed by atoms with Crippen LogP contribution in [0.1, 0.15) is 24.0 Å². The van der Waals surface area contributed by atoms with Gasteiger partial charge in [-0.3, -0.25) is 4.90 Å². The Morgan fingerprint density at radius 3 is 2.93 bits per heavy atom. The lowest BCUT2D eigenvalue weighted by molar-refractivity contribution is 0.243. The van der Waals surface area contributed by atoms with Crippen molar-refractivity contribution in [2.75, 3.05) is 13.1 Å². The van der Waals surface area contributed by atoms with E-state index in [0.717, 1.165) is 25.4 Å². The van der Waals surface area contributed by atoms with Crippen LogP contribution >= 0.6 is 0 Å². The second-order valence-corrected chi connectivity index (χ2v) is 4.84. The molecule has 80 valence electrons. The Hall–Kier alpha value is -0.890. The molecule has 1 heterocycles. The van der Waals surface area contributed by atoms with Crippen molar-refractivity contribution in [1.82, 2.24) is 4.90 Å². The molecule has 0 N–H and O–H groups in total. The maximum Gasteiger partial charge on any atom is 0.123 e. The number of rotatable bonds is 2. The van der Waals surface area contributed by atoms with Crippen LogP contribution in [0.2, 0.25) is 0 Å². The third kappa shape index (κ3) is 2.05. The van der Waals surface area contributed by atoms with E-state index in [-0.39, 0.29) is 5.82 Å². The van der Waals surface area contributed by atoms with Gasteiger partial charge in [0.2, 0.25) is 0 Å². The Morgan fingerprint density at radius 1 is 1.27 bits per heavy atom. The second-order valence-electron chi connectivity index (χ2n) is 4.84. The van der Waals surface area contributed by atoms with Crippen LogP contribution in [0.4, 0.5) is 4.39 Å². The quantitative estimate of drug-likeness (QED) is 0.717. The minimum absolute atomic E-state index is 0.0932. The fraction of sp³-hybridized carbons (Fsp3) is 0.538. The molecule has 3 rings (SSSR count). The Balaban J connectivity index is 1.74. The molecule has 0 atom stereocenters. The van der Waals surface area contributed by atoms with E-state index in [9.17, 15) is 4.39 Å². The van der Waals surface area contributed by atoms with Crippen LogP contribution in [0, 0.1) is 11.7 Å². The lowest BCUT2D eigenvalue weighted by Gasteiger charge is -2.28. The molecule has 1 fully saturated rings. The third-order valence-electron chi connectivity index (χ3n) is 3.47. The minimum Gasteiger partial charge on any atom is -0.298 e. The van der Waals surface area contributed by atoms with Gasteiger partial charge < -0.3 is 0 Å². The molecule has 1 nitrogen and oxygen atoms in total. The Kier molecular flexibility index (Phi) is 2.24. The summed E-state index contributed by atoms with van der Waals surface area (Å²) < 4.78 is 13.0. The number of halogens is 1. The maximum atomic E-state index is 13.0. The predicted octanol–water partition coefficient (Wildman–Crippen LogP) is 2.59. The summed E-state index contributed by atoms with van der Waals surface area (Å²) >= 11 is 0. The molecule has 1 aliphatic heterocycles. The lowest BCUT2D eigenvalue weighted by atomic mass is 9.99. The Bertz CT molecular complexity index is 371. The van der Waals surface area contributed by atoms with Crippen molar-refractivity contribution in [2.24, 2.45) is 5.92 Å². The van der Waals surface area contributed by atoms with E-state index in [2.05, 4.69) is 4.90 Å². The van der Waals surface area contributed by atoms with E-state index in [4.69, 9.17) is 0 Å². The topological polar surface area (TPSA) is 3.24 Å². The van der Waals surface area contributed by atoms with E-state index in [1.807, 2.05) is 6.07 Å². The number of fused-ring (bicyclic) bond motifs is 1. The number of benzene rings is 1. The van der Waals surface area contributed by atoms with Gasteiger partial charge in [0.05, 0.1) is 0 Å². The molecule has 0 saturated heterocycles. The van der Waals surface area contributed by atoms with E-state index >= 15 is 0 Å². The van der Waals surface area contributed by atoms with E-state index < -0.39 is 0 Å². The summed E-state index contributed by atoms with van der Waals surface area (Å²) in [6.07, 6.45) is 3.83. The lowest BCUT2D eigenvalue weighted by Crippen LogP contribution is -2.32. The molecule has 2 aliphatic rings. The number of hydrogen-bond donors (Lipinski definition) is 0. The van der Waals surface area contributed by atoms with Crippen LogP contribution in [-0.4, -0.2) is 18.0 Å². The molecular weight excluding hydrogens is 189 g/mol. The summed E-state index contributed by atoms with van der Waals surface area (Å²) in [6, 6.07) is 5.23. The highest BCUT2D eigenvalue weighted by Crippen LogP contribution is 2.31.